The molecule has 1 fully saturated rings. The molecule has 1 aromatic carbocycles. The molecule has 4 unspecified atom stereocenters. The summed E-state index contributed by atoms with van der Waals surface area (Å²) in [6.45, 7) is 5.68. The van der Waals surface area contributed by atoms with Crippen LogP contribution in [0.1, 0.15) is 31.9 Å². The summed E-state index contributed by atoms with van der Waals surface area (Å²) in [5.41, 5.74) is 10.9. The molecule has 3 rings (SSSR count). The van der Waals surface area contributed by atoms with E-state index >= 15 is 0 Å². The number of hydrogen-bond acceptors (Lipinski definition) is 5. The molecule has 26 heavy (non-hydrogen) atoms. The monoisotopic (exact) mass is 366 g/mol. The summed E-state index contributed by atoms with van der Waals surface area (Å²) in [7, 11) is 0. The van der Waals surface area contributed by atoms with Crippen LogP contribution in [0.3, 0.4) is 0 Å². The van der Waals surface area contributed by atoms with E-state index in [1.54, 1.807) is 6.07 Å². The van der Waals surface area contributed by atoms with Gasteiger partial charge in [-0.15, -0.1) is 0 Å². The maximum atomic E-state index is 13.3. The van der Waals surface area contributed by atoms with Crippen LogP contribution in [-0.2, 0) is 16.3 Å². The lowest BCUT2D eigenvalue weighted by atomic mass is 9.56. The number of nitrogens with two attached hydrogens (primary N) is 1. The fourth-order valence-electron chi connectivity index (χ4n) is 4.40. The number of halogens is 3. The smallest absolute Gasteiger partial charge is 0.416 e. The number of alkyl halides is 3. The summed E-state index contributed by atoms with van der Waals surface area (Å²) in [6.07, 6.45) is -5.02. The highest BCUT2D eigenvalue weighted by Gasteiger charge is 2.59. The van der Waals surface area contributed by atoms with Gasteiger partial charge in [-0.1, -0.05) is 32.0 Å². The van der Waals surface area contributed by atoms with Crippen molar-refractivity contribution in [2.75, 3.05) is 0 Å². The van der Waals surface area contributed by atoms with E-state index in [2.05, 4.69) is 16.9 Å². The van der Waals surface area contributed by atoms with Crippen molar-refractivity contribution >= 4 is 0 Å². The van der Waals surface area contributed by atoms with Crippen LogP contribution < -0.4 is 16.6 Å². The Morgan fingerprint density at radius 2 is 2.00 bits per heavy atom. The summed E-state index contributed by atoms with van der Waals surface area (Å²) in [5, 5.41) is 9.81. The third-order valence-electron chi connectivity index (χ3n) is 5.45. The lowest BCUT2D eigenvalue weighted by Gasteiger charge is -2.48. The predicted molar refractivity (Wildman–Crippen MR) is 88.9 cm³/mol. The molecule has 4 N–H and O–H groups in total. The summed E-state index contributed by atoms with van der Waals surface area (Å²) < 4.78 is 45.6. The topological polar surface area (TPSA) is 83.1 Å². The standard InChI is InChI=1S/C18H21F3N4O/c1-9(2)17(11-5-4-6-12(7-11)18(19,20)21)13(8-22)15(23)26-16-14(17)10(3)24-25-16/h4-7,9-10,14,16,24-25H,23H2,1-3H3. The highest BCUT2D eigenvalue weighted by Crippen LogP contribution is 2.53. The van der Waals surface area contributed by atoms with E-state index in [-0.39, 0.29) is 29.3 Å². The number of fused-ring (bicyclic) bond motifs is 1. The zero-order valence-electron chi connectivity index (χ0n) is 14.7. The van der Waals surface area contributed by atoms with Gasteiger partial charge in [-0.25, -0.2) is 5.43 Å². The Bertz CT molecular complexity index is 783. The Morgan fingerprint density at radius 1 is 1.31 bits per heavy atom. The fourth-order valence-corrected chi connectivity index (χ4v) is 4.40. The molecule has 0 bridgehead atoms. The van der Waals surface area contributed by atoms with E-state index in [9.17, 15) is 18.4 Å². The molecular weight excluding hydrogens is 345 g/mol. The Balaban J connectivity index is 2.32. The number of hydrogen-bond donors (Lipinski definition) is 3. The number of nitrogens with one attached hydrogen (secondary N) is 2. The van der Waals surface area contributed by atoms with Gasteiger partial charge in [0.2, 0.25) is 5.88 Å². The molecule has 8 heteroatoms. The number of hydrazine groups is 1. The highest BCUT2D eigenvalue weighted by molar-refractivity contribution is 5.50. The van der Waals surface area contributed by atoms with Crippen LogP contribution in [-0.4, -0.2) is 12.3 Å². The first-order valence-electron chi connectivity index (χ1n) is 8.39. The molecule has 2 aliphatic heterocycles. The van der Waals surface area contributed by atoms with Crippen molar-refractivity contribution in [3.8, 4) is 6.07 Å². The van der Waals surface area contributed by atoms with Crippen molar-refractivity contribution in [2.24, 2.45) is 17.6 Å². The highest BCUT2D eigenvalue weighted by atomic mass is 19.4. The molecule has 0 amide bonds. The molecule has 0 radical (unpaired) electrons. The molecule has 5 nitrogen and oxygen atoms in total. The number of rotatable bonds is 2. The average molecular weight is 366 g/mol. The molecule has 2 aliphatic rings. The molecule has 0 saturated carbocycles. The summed E-state index contributed by atoms with van der Waals surface area (Å²) in [4.78, 5) is 0. The van der Waals surface area contributed by atoms with E-state index in [4.69, 9.17) is 10.5 Å². The van der Waals surface area contributed by atoms with Crippen LogP contribution in [0.2, 0.25) is 0 Å². The summed E-state index contributed by atoms with van der Waals surface area (Å²) >= 11 is 0. The van der Waals surface area contributed by atoms with Crippen molar-refractivity contribution in [2.45, 2.75) is 44.6 Å². The van der Waals surface area contributed by atoms with Gasteiger partial charge in [-0.05, 0) is 24.5 Å². The summed E-state index contributed by atoms with van der Waals surface area (Å²) in [5.74, 6) is -0.559. The van der Waals surface area contributed by atoms with Gasteiger partial charge >= 0.3 is 6.18 Å². The molecule has 1 aromatic rings. The van der Waals surface area contributed by atoms with E-state index in [1.165, 1.54) is 6.07 Å². The number of nitriles is 1. The first-order valence-corrected chi connectivity index (χ1v) is 8.39. The molecule has 0 spiro atoms. The van der Waals surface area contributed by atoms with Crippen LogP contribution in [0.15, 0.2) is 35.7 Å². The lowest BCUT2D eigenvalue weighted by molar-refractivity contribution is -0.137. The van der Waals surface area contributed by atoms with Crippen LogP contribution >= 0.6 is 0 Å². The van der Waals surface area contributed by atoms with Gasteiger partial charge in [0, 0.05) is 17.4 Å². The average Bonchev–Trinajstić information content (AvgIpc) is 2.93. The first-order chi connectivity index (χ1) is 12.1. The van der Waals surface area contributed by atoms with Crippen molar-refractivity contribution in [1.29, 1.82) is 5.26 Å². The zero-order chi connectivity index (χ0) is 19.3. The van der Waals surface area contributed by atoms with Gasteiger partial charge in [0.1, 0.15) is 11.6 Å². The molecule has 4 atom stereocenters. The minimum atomic E-state index is -4.47. The number of nitrogens with zero attached hydrogens (tertiary/aromatic N) is 1. The van der Waals surface area contributed by atoms with Gasteiger partial charge in [-0.2, -0.15) is 18.4 Å². The number of ether oxygens (including phenoxy) is 1. The van der Waals surface area contributed by atoms with Crippen molar-refractivity contribution in [3.05, 3.63) is 46.8 Å². The summed E-state index contributed by atoms with van der Waals surface area (Å²) in [6, 6.07) is 7.12. The number of allylic oxidation sites excluding steroid dienone is 1. The van der Waals surface area contributed by atoms with Crippen molar-refractivity contribution in [3.63, 3.8) is 0 Å². The Hall–Kier alpha value is -2.24. The Labute approximate surface area is 150 Å². The van der Waals surface area contributed by atoms with Crippen molar-refractivity contribution in [1.82, 2.24) is 10.9 Å². The van der Waals surface area contributed by atoms with Gasteiger partial charge < -0.3 is 10.5 Å². The third-order valence-corrected chi connectivity index (χ3v) is 5.45. The maximum absolute atomic E-state index is 13.3. The minimum absolute atomic E-state index is 0.0525. The van der Waals surface area contributed by atoms with Gasteiger partial charge in [0.25, 0.3) is 0 Å². The van der Waals surface area contributed by atoms with Crippen LogP contribution in [0.25, 0.3) is 0 Å². The van der Waals surface area contributed by atoms with Gasteiger partial charge in [0.05, 0.1) is 5.56 Å². The first kappa shape index (κ1) is 18.5. The largest absolute Gasteiger partial charge is 0.458 e. The van der Waals surface area contributed by atoms with Crippen LogP contribution in [0.4, 0.5) is 13.2 Å². The minimum Gasteiger partial charge on any atom is -0.458 e. The fraction of sp³-hybridized carbons (Fsp3) is 0.500. The van der Waals surface area contributed by atoms with E-state index < -0.39 is 23.4 Å². The lowest BCUT2D eigenvalue weighted by Crippen LogP contribution is -2.54. The Morgan fingerprint density at radius 3 is 2.58 bits per heavy atom. The predicted octanol–water partition coefficient (Wildman–Crippen LogP) is 2.76. The van der Waals surface area contributed by atoms with Crippen LogP contribution in [0.5, 0.6) is 0 Å². The second kappa shape index (κ2) is 6.18. The van der Waals surface area contributed by atoms with E-state index in [0.717, 1.165) is 12.1 Å². The quantitative estimate of drug-likeness (QED) is 0.750. The molecule has 140 valence electrons. The SMILES string of the molecule is CC1NNC2OC(N)=C(C#N)C(c3cccc(C(F)(F)F)c3)(C(C)C)C12. The molecule has 1 saturated heterocycles. The Kier molecular flexibility index (Phi) is 4.41. The normalized spacial score (nSPS) is 31.5. The molecule has 2 heterocycles. The number of benzene rings is 1. The van der Waals surface area contributed by atoms with Crippen LogP contribution in [0, 0.1) is 23.2 Å². The van der Waals surface area contributed by atoms with Gasteiger partial charge in [-0.3, -0.25) is 5.43 Å². The molecule has 0 aromatic heterocycles. The van der Waals surface area contributed by atoms with Crippen molar-refractivity contribution < 1.29 is 17.9 Å². The molecule has 0 aliphatic carbocycles. The zero-order valence-corrected chi connectivity index (χ0v) is 14.7. The molecular formula is C18H21F3N4O. The van der Waals surface area contributed by atoms with E-state index in [0.29, 0.717) is 5.56 Å². The second-order valence-corrected chi connectivity index (χ2v) is 7.09. The third kappa shape index (κ3) is 2.54. The maximum Gasteiger partial charge on any atom is 0.416 e. The second-order valence-electron chi connectivity index (χ2n) is 7.09. The van der Waals surface area contributed by atoms with E-state index in [1.807, 2.05) is 20.8 Å². The van der Waals surface area contributed by atoms with Gasteiger partial charge in [0.15, 0.2) is 6.23 Å².